The number of fused-ring (bicyclic) bond motifs is 2. The van der Waals surface area contributed by atoms with Crippen molar-refractivity contribution in [1.29, 1.82) is 0 Å². The largest absolute Gasteiger partial charge is 1.00 e. The van der Waals surface area contributed by atoms with Crippen molar-refractivity contribution < 1.29 is 17.4 Å². The predicted molar refractivity (Wildman–Crippen MR) is 49.4 cm³/mol. The molecule has 14 heavy (non-hydrogen) atoms. The van der Waals surface area contributed by atoms with E-state index in [1.54, 1.807) is 0 Å². The van der Waals surface area contributed by atoms with Crippen LogP contribution in [0.1, 0.15) is 22.5 Å². The summed E-state index contributed by atoms with van der Waals surface area (Å²) in [6, 6.07) is 8.63. The van der Waals surface area contributed by atoms with E-state index in [1.165, 1.54) is 22.5 Å². The summed E-state index contributed by atoms with van der Waals surface area (Å²) in [4.78, 5) is 6.49. The third kappa shape index (κ3) is 1.32. The van der Waals surface area contributed by atoms with E-state index in [0.29, 0.717) is 0 Å². The van der Waals surface area contributed by atoms with Gasteiger partial charge in [0.25, 0.3) is 0 Å². The molecule has 72 valence electrons. The molecule has 2 nitrogen and oxygen atoms in total. The molecule has 2 N–H and O–H groups in total. The normalized spacial score (nSPS) is 12.6. The average Bonchev–Trinajstić information content (AvgIpc) is 2.61. The van der Waals surface area contributed by atoms with Gasteiger partial charge in [-0.1, -0.05) is 24.3 Å². The van der Waals surface area contributed by atoms with E-state index in [2.05, 4.69) is 34.2 Å². The zero-order chi connectivity index (χ0) is 8.67. The molecular weight excluding hydrogens is 196 g/mol. The van der Waals surface area contributed by atoms with Crippen LogP contribution in [0.4, 0.5) is 0 Å². The first-order valence-electron chi connectivity index (χ1n) is 4.57. The number of imidazole rings is 1. The highest BCUT2D eigenvalue weighted by Gasteiger charge is 2.20. The van der Waals surface area contributed by atoms with E-state index >= 15 is 0 Å². The van der Waals surface area contributed by atoms with Crippen LogP contribution < -0.4 is 17.4 Å². The third-order valence-corrected chi connectivity index (χ3v) is 2.71. The van der Waals surface area contributed by atoms with Gasteiger partial charge >= 0.3 is 0 Å². The molecule has 0 fully saturated rings. The molecule has 2 aromatic rings. The fraction of sp³-hybridized carbons (Fsp3) is 0.182. The van der Waals surface area contributed by atoms with E-state index in [-0.39, 0.29) is 12.4 Å². The molecule has 0 radical (unpaired) electrons. The lowest BCUT2D eigenvalue weighted by Gasteiger charge is -2.11. The molecule has 0 aliphatic heterocycles. The zero-order valence-corrected chi connectivity index (χ0v) is 8.43. The molecule has 3 heteroatoms. The van der Waals surface area contributed by atoms with Gasteiger partial charge in [0, 0.05) is 12.8 Å². The Bertz CT molecular complexity index is 409. The molecule has 0 amide bonds. The van der Waals surface area contributed by atoms with Gasteiger partial charge in [0.15, 0.2) is 0 Å². The minimum absolute atomic E-state index is 0. The summed E-state index contributed by atoms with van der Waals surface area (Å²) in [7, 11) is 0. The number of nitrogens with one attached hydrogen (secondary N) is 2. The number of hydrogen-bond donors (Lipinski definition) is 1. The monoisotopic (exact) mass is 206 g/mol. The summed E-state index contributed by atoms with van der Waals surface area (Å²) in [6.07, 6.45) is 3.99. The van der Waals surface area contributed by atoms with E-state index in [4.69, 9.17) is 0 Å². The van der Waals surface area contributed by atoms with Crippen LogP contribution in [0.5, 0.6) is 0 Å². The summed E-state index contributed by atoms with van der Waals surface area (Å²) in [6.45, 7) is 0. The SMILES string of the molecule is [Cl-].c1ccc2c(c1)Cc1[nH]c[nH+]c1C2. The maximum atomic E-state index is 3.24. The van der Waals surface area contributed by atoms with Crippen molar-refractivity contribution in [3.05, 3.63) is 53.1 Å². The molecule has 1 aromatic heterocycles. The first-order chi connectivity index (χ1) is 6.43. The number of aromatic nitrogens is 2. The Morgan fingerprint density at radius 1 is 1.07 bits per heavy atom. The average molecular weight is 207 g/mol. The van der Waals surface area contributed by atoms with E-state index in [0.717, 1.165) is 12.8 Å². The molecule has 1 aliphatic carbocycles. The van der Waals surface area contributed by atoms with Crippen LogP contribution in [0.25, 0.3) is 0 Å². The molecule has 0 atom stereocenters. The Kier molecular flexibility index (Phi) is 2.30. The second-order valence-electron chi connectivity index (χ2n) is 3.51. The van der Waals surface area contributed by atoms with E-state index < -0.39 is 0 Å². The smallest absolute Gasteiger partial charge is 0.239 e. The van der Waals surface area contributed by atoms with Gasteiger partial charge in [-0.05, 0) is 11.1 Å². The van der Waals surface area contributed by atoms with Gasteiger partial charge in [0.1, 0.15) is 11.4 Å². The van der Waals surface area contributed by atoms with Gasteiger partial charge in [0.2, 0.25) is 6.33 Å². The second kappa shape index (κ2) is 3.46. The van der Waals surface area contributed by atoms with Crippen LogP contribution in [0.2, 0.25) is 0 Å². The van der Waals surface area contributed by atoms with Gasteiger partial charge in [-0.3, -0.25) is 0 Å². The summed E-state index contributed by atoms with van der Waals surface area (Å²) in [5, 5.41) is 0. The summed E-state index contributed by atoms with van der Waals surface area (Å²) in [5.74, 6) is 0. The molecule has 0 saturated heterocycles. The summed E-state index contributed by atoms with van der Waals surface area (Å²) < 4.78 is 0. The van der Waals surface area contributed by atoms with Gasteiger partial charge in [-0.25, -0.2) is 9.97 Å². The van der Waals surface area contributed by atoms with Crippen LogP contribution in [0, 0.1) is 0 Å². The second-order valence-corrected chi connectivity index (χ2v) is 3.51. The minimum Gasteiger partial charge on any atom is -1.00 e. The Morgan fingerprint density at radius 2 is 1.79 bits per heavy atom. The van der Waals surface area contributed by atoms with Gasteiger partial charge < -0.3 is 12.4 Å². The predicted octanol–water partition coefficient (Wildman–Crippen LogP) is -1.67. The number of hydrogen-bond acceptors (Lipinski definition) is 0. The van der Waals surface area contributed by atoms with Crippen molar-refractivity contribution >= 4 is 0 Å². The van der Waals surface area contributed by atoms with Crippen molar-refractivity contribution in [3.8, 4) is 0 Å². The Morgan fingerprint density at radius 3 is 2.57 bits per heavy atom. The van der Waals surface area contributed by atoms with Crippen molar-refractivity contribution in [2.75, 3.05) is 0 Å². The fourth-order valence-electron chi connectivity index (χ4n) is 1.98. The summed E-state index contributed by atoms with van der Waals surface area (Å²) in [5.41, 5.74) is 5.56. The highest BCUT2D eigenvalue weighted by atomic mass is 35.5. The molecule has 0 bridgehead atoms. The van der Waals surface area contributed by atoms with E-state index in [1.807, 2.05) is 6.33 Å². The van der Waals surface area contributed by atoms with Crippen molar-refractivity contribution in [3.63, 3.8) is 0 Å². The maximum Gasteiger partial charge on any atom is 0.239 e. The molecule has 0 unspecified atom stereocenters. The number of rotatable bonds is 0. The van der Waals surface area contributed by atoms with Crippen LogP contribution >= 0.6 is 0 Å². The summed E-state index contributed by atoms with van der Waals surface area (Å²) >= 11 is 0. The molecule has 1 aromatic carbocycles. The number of aromatic amines is 2. The van der Waals surface area contributed by atoms with Crippen LogP contribution in [-0.4, -0.2) is 4.98 Å². The van der Waals surface area contributed by atoms with Crippen molar-refractivity contribution in [2.24, 2.45) is 0 Å². The van der Waals surface area contributed by atoms with E-state index in [9.17, 15) is 0 Å². The number of H-pyrrole nitrogens is 2. The quantitative estimate of drug-likeness (QED) is 0.456. The molecule has 1 heterocycles. The highest BCUT2D eigenvalue weighted by molar-refractivity contribution is 5.38. The Balaban J connectivity index is 0.000000750. The lowest BCUT2D eigenvalue weighted by atomic mass is 9.92. The molecule has 3 rings (SSSR count). The van der Waals surface area contributed by atoms with Crippen LogP contribution in [0.3, 0.4) is 0 Å². The van der Waals surface area contributed by atoms with Gasteiger partial charge in [-0.15, -0.1) is 0 Å². The topological polar surface area (TPSA) is 29.9 Å². The molecular formula is C11H11ClN2. The van der Waals surface area contributed by atoms with Gasteiger partial charge in [0.05, 0.1) is 0 Å². The maximum absolute atomic E-state index is 3.24. The van der Waals surface area contributed by atoms with Crippen LogP contribution in [-0.2, 0) is 12.8 Å². The lowest BCUT2D eigenvalue weighted by Crippen LogP contribution is -3.00. The number of benzene rings is 1. The number of halogens is 1. The van der Waals surface area contributed by atoms with Gasteiger partial charge in [-0.2, -0.15) is 0 Å². The highest BCUT2D eigenvalue weighted by Crippen LogP contribution is 2.22. The third-order valence-electron chi connectivity index (χ3n) is 2.71. The molecule has 1 aliphatic rings. The zero-order valence-electron chi connectivity index (χ0n) is 7.68. The molecule has 0 spiro atoms. The standard InChI is InChI=1S/C11H10N2.ClH/c1-2-4-9-6-11-10(12-7-13-11)5-8(9)3-1;/h1-4,7H,5-6H2,(H,12,13);1H. The lowest BCUT2D eigenvalue weighted by molar-refractivity contribution is -0.387. The Hall–Kier alpha value is -1.28. The van der Waals surface area contributed by atoms with Crippen LogP contribution in [0.15, 0.2) is 30.6 Å². The van der Waals surface area contributed by atoms with Crippen molar-refractivity contribution in [2.45, 2.75) is 12.8 Å². The molecule has 0 saturated carbocycles. The fourth-order valence-corrected chi connectivity index (χ4v) is 1.98. The first kappa shape index (κ1) is 9.28. The Labute approximate surface area is 88.8 Å². The van der Waals surface area contributed by atoms with Crippen molar-refractivity contribution in [1.82, 2.24) is 4.98 Å². The minimum atomic E-state index is 0. The first-order valence-corrected chi connectivity index (χ1v) is 4.57.